The van der Waals surface area contributed by atoms with Crippen molar-refractivity contribution in [3.05, 3.63) is 41.1 Å². The van der Waals surface area contributed by atoms with Crippen molar-refractivity contribution in [1.82, 2.24) is 4.90 Å². The lowest BCUT2D eigenvalue weighted by Crippen LogP contribution is -2.15. The molecule has 0 unspecified atom stereocenters. The summed E-state index contributed by atoms with van der Waals surface area (Å²) in [6.45, 7) is 0.634. The largest absolute Gasteiger partial charge is 0.491 e. The van der Waals surface area contributed by atoms with Crippen molar-refractivity contribution in [2.24, 2.45) is 5.73 Å². The van der Waals surface area contributed by atoms with E-state index in [0.717, 1.165) is 23.3 Å². The highest BCUT2D eigenvalue weighted by atomic mass is 16.5. The van der Waals surface area contributed by atoms with Crippen LogP contribution in [0.2, 0.25) is 0 Å². The van der Waals surface area contributed by atoms with Gasteiger partial charge in [0.25, 0.3) is 0 Å². The van der Waals surface area contributed by atoms with Crippen LogP contribution in [-0.2, 0) is 11.2 Å². The van der Waals surface area contributed by atoms with Gasteiger partial charge >= 0.3 is 0 Å². The average molecular weight is 232 g/mol. The lowest BCUT2D eigenvalue weighted by molar-refractivity contribution is 0.1000. The van der Waals surface area contributed by atoms with Crippen LogP contribution in [-0.4, -0.2) is 31.5 Å². The van der Waals surface area contributed by atoms with Gasteiger partial charge in [0.15, 0.2) is 0 Å². The molecule has 90 valence electrons. The quantitative estimate of drug-likeness (QED) is 0.834. The molecular formula is C13H16N2O2. The number of primary amides is 1. The Kier molecular flexibility index (Phi) is 3.04. The van der Waals surface area contributed by atoms with Gasteiger partial charge in [-0.3, -0.25) is 4.79 Å². The fourth-order valence-electron chi connectivity index (χ4n) is 1.88. The van der Waals surface area contributed by atoms with Crippen LogP contribution in [0, 0.1) is 0 Å². The van der Waals surface area contributed by atoms with Gasteiger partial charge in [0.1, 0.15) is 5.76 Å². The maximum absolute atomic E-state index is 11.1. The van der Waals surface area contributed by atoms with Gasteiger partial charge in [-0.1, -0.05) is 6.07 Å². The highest BCUT2D eigenvalue weighted by Gasteiger charge is 2.16. The molecule has 1 aliphatic heterocycles. The van der Waals surface area contributed by atoms with Crippen LogP contribution in [0.3, 0.4) is 0 Å². The van der Waals surface area contributed by atoms with Gasteiger partial charge in [0.05, 0.1) is 6.61 Å². The first-order valence-electron chi connectivity index (χ1n) is 5.52. The van der Waals surface area contributed by atoms with Crippen LogP contribution in [0.1, 0.15) is 21.5 Å². The number of fused-ring (bicyclic) bond motifs is 1. The van der Waals surface area contributed by atoms with Gasteiger partial charge < -0.3 is 15.4 Å². The second kappa shape index (κ2) is 4.49. The minimum atomic E-state index is -0.391. The van der Waals surface area contributed by atoms with Gasteiger partial charge in [0, 0.05) is 37.8 Å². The number of ether oxygens (including phenoxy) is 1. The number of nitrogens with two attached hydrogens (primary N) is 1. The molecule has 0 aromatic heterocycles. The zero-order valence-corrected chi connectivity index (χ0v) is 10.1. The zero-order valence-electron chi connectivity index (χ0n) is 10.1. The summed E-state index contributed by atoms with van der Waals surface area (Å²) in [5.41, 5.74) is 7.97. The number of benzene rings is 1. The SMILES string of the molecule is CN(C)/C=C1\OCCc2cc(C(N)=O)ccc21. The van der Waals surface area contributed by atoms with E-state index in [2.05, 4.69) is 0 Å². The van der Waals surface area contributed by atoms with E-state index in [1.165, 1.54) is 0 Å². The molecule has 1 aliphatic rings. The standard InChI is InChI=1S/C13H16N2O2/c1-15(2)8-12-11-4-3-10(13(14)16)7-9(11)5-6-17-12/h3-4,7-8H,5-6H2,1-2H3,(H2,14,16)/b12-8-. The summed E-state index contributed by atoms with van der Waals surface area (Å²) >= 11 is 0. The number of rotatable bonds is 2. The van der Waals surface area contributed by atoms with Gasteiger partial charge in [-0.25, -0.2) is 0 Å². The third-order valence-corrected chi connectivity index (χ3v) is 2.66. The van der Waals surface area contributed by atoms with Crippen LogP contribution in [0.5, 0.6) is 0 Å². The Labute approximate surface area is 101 Å². The molecule has 17 heavy (non-hydrogen) atoms. The van der Waals surface area contributed by atoms with Crippen LogP contribution in [0.25, 0.3) is 5.76 Å². The molecule has 1 heterocycles. The van der Waals surface area contributed by atoms with E-state index in [0.29, 0.717) is 12.2 Å². The van der Waals surface area contributed by atoms with E-state index >= 15 is 0 Å². The molecule has 4 nitrogen and oxygen atoms in total. The Morgan fingerprint density at radius 3 is 2.88 bits per heavy atom. The molecule has 1 aromatic carbocycles. The van der Waals surface area contributed by atoms with Crippen molar-refractivity contribution in [2.75, 3.05) is 20.7 Å². The third kappa shape index (κ3) is 2.41. The van der Waals surface area contributed by atoms with E-state index in [-0.39, 0.29) is 0 Å². The number of nitrogens with zero attached hydrogens (tertiary/aromatic N) is 1. The van der Waals surface area contributed by atoms with Gasteiger partial charge in [-0.05, 0) is 17.7 Å². The molecular weight excluding hydrogens is 216 g/mol. The maximum atomic E-state index is 11.1. The van der Waals surface area contributed by atoms with E-state index < -0.39 is 5.91 Å². The molecule has 0 fully saturated rings. The van der Waals surface area contributed by atoms with Crippen molar-refractivity contribution in [3.8, 4) is 0 Å². The first-order valence-corrected chi connectivity index (χ1v) is 5.52. The summed E-state index contributed by atoms with van der Waals surface area (Å²) < 4.78 is 5.62. The number of amides is 1. The zero-order chi connectivity index (χ0) is 12.4. The minimum absolute atomic E-state index is 0.391. The number of hydrogen-bond acceptors (Lipinski definition) is 3. The summed E-state index contributed by atoms with van der Waals surface area (Å²) in [6, 6.07) is 5.48. The fraction of sp³-hybridized carbons (Fsp3) is 0.308. The Morgan fingerprint density at radius 2 is 2.24 bits per heavy atom. The maximum Gasteiger partial charge on any atom is 0.248 e. The normalized spacial score (nSPS) is 16.2. The van der Waals surface area contributed by atoms with Crippen molar-refractivity contribution < 1.29 is 9.53 Å². The number of carbonyl (C=O) groups excluding carboxylic acids is 1. The van der Waals surface area contributed by atoms with Crippen molar-refractivity contribution in [2.45, 2.75) is 6.42 Å². The first kappa shape index (κ1) is 11.5. The van der Waals surface area contributed by atoms with E-state index in [1.54, 1.807) is 6.07 Å². The van der Waals surface area contributed by atoms with Crippen LogP contribution in [0.15, 0.2) is 24.4 Å². The molecule has 4 heteroatoms. The number of carbonyl (C=O) groups is 1. The second-order valence-electron chi connectivity index (χ2n) is 4.29. The third-order valence-electron chi connectivity index (χ3n) is 2.66. The molecule has 0 saturated heterocycles. The summed E-state index contributed by atoms with van der Waals surface area (Å²) in [5, 5.41) is 0. The van der Waals surface area contributed by atoms with E-state index in [4.69, 9.17) is 10.5 Å². The van der Waals surface area contributed by atoms with Crippen molar-refractivity contribution >= 4 is 11.7 Å². The monoisotopic (exact) mass is 232 g/mol. The predicted molar refractivity (Wildman–Crippen MR) is 66.3 cm³/mol. The molecule has 2 rings (SSSR count). The molecule has 2 N–H and O–H groups in total. The van der Waals surface area contributed by atoms with Gasteiger partial charge in [0.2, 0.25) is 5.91 Å². The van der Waals surface area contributed by atoms with E-state index in [1.807, 2.05) is 37.3 Å². The highest BCUT2D eigenvalue weighted by molar-refractivity contribution is 5.93. The van der Waals surface area contributed by atoms with Crippen LogP contribution in [0.4, 0.5) is 0 Å². The molecule has 0 atom stereocenters. The summed E-state index contributed by atoms with van der Waals surface area (Å²) in [7, 11) is 3.89. The molecule has 0 bridgehead atoms. The predicted octanol–water partition coefficient (Wildman–Crippen LogP) is 1.22. The molecule has 1 aromatic rings. The van der Waals surface area contributed by atoms with Crippen molar-refractivity contribution in [3.63, 3.8) is 0 Å². The lowest BCUT2D eigenvalue weighted by Gasteiger charge is -2.22. The first-order chi connectivity index (χ1) is 8.08. The summed E-state index contributed by atoms with van der Waals surface area (Å²) in [6.07, 6.45) is 2.74. The Balaban J connectivity index is 2.43. The topological polar surface area (TPSA) is 55.6 Å². The van der Waals surface area contributed by atoms with Gasteiger partial charge in [-0.2, -0.15) is 0 Å². The van der Waals surface area contributed by atoms with Crippen LogP contribution >= 0.6 is 0 Å². The van der Waals surface area contributed by atoms with Crippen molar-refractivity contribution in [1.29, 1.82) is 0 Å². The molecule has 1 amide bonds. The number of hydrogen-bond donors (Lipinski definition) is 1. The Morgan fingerprint density at radius 1 is 1.47 bits per heavy atom. The molecule has 0 saturated carbocycles. The van der Waals surface area contributed by atoms with Crippen LogP contribution < -0.4 is 5.73 Å². The fourth-order valence-corrected chi connectivity index (χ4v) is 1.88. The average Bonchev–Trinajstić information content (AvgIpc) is 2.28. The Hall–Kier alpha value is -1.97. The second-order valence-corrected chi connectivity index (χ2v) is 4.29. The molecule has 0 spiro atoms. The highest BCUT2D eigenvalue weighted by Crippen LogP contribution is 2.27. The molecule has 0 radical (unpaired) electrons. The summed E-state index contributed by atoms with van der Waals surface area (Å²) in [5.74, 6) is 0.449. The lowest BCUT2D eigenvalue weighted by atomic mass is 9.98. The summed E-state index contributed by atoms with van der Waals surface area (Å²) in [4.78, 5) is 13.1. The smallest absolute Gasteiger partial charge is 0.248 e. The van der Waals surface area contributed by atoms with E-state index in [9.17, 15) is 4.79 Å². The van der Waals surface area contributed by atoms with Gasteiger partial charge in [-0.15, -0.1) is 0 Å². The molecule has 0 aliphatic carbocycles. The Bertz CT molecular complexity index is 478. The minimum Gasteiger partial charge on any atom is -0.491 e.